The van der Waals surface area contributed by atoms with Gasteiger partial charge in [-0.1, -0.05) is 0 Å². The van der Waals surface area contributed by atoms with E-state index in [1.807, 2.05) is 14.0 Å². The predicted octanol–water partition coefficient (Wildman–Crippen LogP) is 0.534. The molecule has 0 spiro atoms. The Bertz CT molecular complexity index is 288. The zero-order chi connectivity index (χ0) is 11.3. The molecule has 1 rings (SSSR count). The molecule has 0 aromatic carbocycles. The van der Waals surface area contributed by atoms with E-state index >= 15 is 0 Å². The zero-order valence-electron chi connectivity index (χ0n) is 9.55. The average Bonchev–Trinajstić information content (AvgIpc) is 2.61. The van der Waals surface area contributed by atoms with Gasteiger partial charge in [0, 0.05) is 20.6 Å². The Morgan fingerprint density at radius 3 is 2.80 bits per heavy atom. The summed E-state index contributed by atoms with van der Waals surface area (Å²) in [6, 6.07) is 0. The Morgan fingerprint density at radius 2 is 2.27 bits per heavy atom. The number of aryl methyl sites for hydroxylation is 1. The van der Waals surface area contributed by atoms with Gasteiger partial charge in [-0.15, -0.1) is 0 Å². The largest absolute Gasteiger partial charge is 0.393 e. The molecule has 0 aliphatic heterocycles. The second-order valence-electron chi connectivity index (χ2n) is 3.78. The van der Waals surface area contributed by atoms with E-state index < -0.39 is 0 Å². The lowest BCUT2D eigenvalue weighted by molar-refractivity contribution is 0.0843. The van der Waals surface area contributed by atoms with Crippen LogP contribution in [0.2, 0.25) is 0 Å². The second kappa shape index (κ2) is 5.82. The van der Waals surface area contributed by atoms with Crippen LogP contribution < -0.4 is 0 Å². The lowest BCUT2D eigenvalue weighted by atomic mass is 10.1. The summed E-state index contributed by atoms with van der Waals surface area (Å²) in [6.07, 6.45) is 3.45. The second-order valence-corrected chi connectivity index (χ2v) is 3.78. The van der Waals surface area contributed by atoms with E-state index in [-0.39, 0.29) is 12.2 Å². The van der Waals surface area contributed by atoms with Crippen LogP contribution in [0.5, 0.6) is 0 Å². The van der Waals surface area contributed by atoms with Crippen molar-refractivity contribution < 1.29 is 9.84 Å². The van der Waals surface area contributed by atoms with Gasteiger partial charge in [0.05, 0.1) is 12.2 Å². The van der Waals surface area contributed by atoms with Gasteiger partial charge < -0.3 is 9.84 Å². The van der Waals surface area contributed by atoms with Crippen LogP contribution >= 0.6 is 0 Å². The molecule has 15 heavy (non-hydrogen) atoms. The first-order chi connectivity index (χ1) is 7.13. The van der Waals surface area contributed by atoms with Gasteiger partial charge in [0.2, 0.25) is 0 Å². The number of methoxy groups -OCH3 is 1. The van der Waals surface area contributed by atoms with Crippen molar-refractivity contribution in [3.63, 3.8) is 0 Å². The van der Waals surface area contributed by atoms with Crippen LogP contribution in [0, 0.1) is 0 Å². The van der Waals surface area contributed by atoms with Crippen molar-refractivity contribution in [3.8, 4) is 0 Å². The van der Waals surface area contributed by atoms with Crippen molar-refractivity contribution in [2.75, 3.05) is 7.11 Å². The minimum Gasteiger partial charge on any atom is -0.393 e. The van der Waals surface area contributed by atoms with Gasteiger partial charge in [0.15, 0.2) is 0 Å². The van der Waals surface area contributed by atoms with Gasteiger partial charge in [-0.2, -0.15) is 5.10 Å². The highest BCUT2D eigenvalue weighted by Gasteiger charge is 2.11. The summed E-state index contributed by atoms with van der Waals surface area (Å²) in [5.41, 5.74) is 0. The molecule has 1 aromatic rings. The van der Waals surface area contributed by atoms with Crippen molar-refractivity contribution in [1.29, 1.82) is 0 Å². The zero-order valence-corrected chi connectivity index (χ0v) is 9.55. The average molecular weight is 213 g/mol. The minimum absolute atomic E-state index is 0.194. The third kappa shape index (κ3) is 3.97. The van der Waals surface area contributed by atoms with Gasteiger partial charge in [-0.05, 0) is 19.8 Å². The van der Waals surface area contributed by atoms with Crippen LogP contribution in [0.25, 0.3) is 0 Å². The highest BCUT2D eigenvalue weighted by Crippen LogP contribution is 2.07. The highest BCUT2D eigenvalue weighted by atomic mass is 16.5. The van der Waals surface area contributed by atoms with E-state index in [9.17, 15) is 5.11 Å². The molecule has 0 aliphatic carbocycles. The van der Waals surface area contributed by atoms with Crippen molar-refractivity contribution in [3.05, 3.63) is 12.2 Å². The molecule has 0 aliphatic rings. The fourth-order valence-corrected chi connectivity index (χ4v) is 1.36. The first-order valence-electron chi connectivity index (χ1n) is 5.17. The van der Waals surface area contributed by atoms with E-state index in [0.717, 1.165) is 18.7 Å². The van der Waals surface area contributed by atoms with Crippen LogP contribution in [-0.4, -0.2) is 39.2 Å². The van der Waals surface area contributed by atoms with E-state index in [4.69, 9.17) is 4.74 Å². The molecule has 0 saturated carbocycles. The number of aliphatic hydroxyl groups excluding tert-OH is 1. The van der Waals surface area contributed by atoms with E-state index in [0.29, 0.717) is 6.42 Å². The topological polar surface area (TPSA) is 60.2 Å². The number of ether oxygens (including phenoxy) is 1. The Morgan fingerprint density at radius 1 is 1.53 bits per heavy atom. The number of hydrogen-bond donors (Lipinski definition) is 1. The van der Waals surface area contributed by atoms with Crippen LogP contribution in [0.1, 0.15) is 25.6 Å². The summed E-state index contributed by atoms with van der Waals surface area (Å²) in [7, 11) is 3.51. The Hall–Kier alpha value is -0.940. The quantitative estimate of drug-likeness (QED) is 0.749. The minimum atomic E-state index is -0.370. The lowest BCUT2D eigenvalue weighted by Gasteiger charge is -2.13. The van der Waals surface area contributed by atoms with E-state index in [2.05, 4.69) is 10.1 Å². The fraction of sp³-hybridized carbons (Fsp3) is 0.800. The van der Waals surface area contributed by atoms with E-state index in [1.54, 1.807) is 11.8 Å². The maximum Gasteiger partial charge on any atom is 0.138 e. The SMILES string of the molecule is COC(C)CCC(O)Cc1ncnn1C. The number of nitrogens with zero attached hydrogens (tertiary/aromatic N) is 3. The molecule has 1 aromatic heterocycles. The molecule has 5 heteroatoms. The molecule has 86 valence electrons. The van der Waals surface area contributed by atoms with Gasteiger partial charge in [0.25, 0.3) is 0 Å². The normalized spacial score (nSPS) is 15.2. The van der Waals surface area contributed by atoms with Crippen LogP contribution in [0.4, 0.5) is 0 Å². The monoisotopic (exact) mass is 213 g/mol. The van der Waals surface area contributed by atoms with Gasteiger partial charge in [-0.3, -0.25) is 4.68 Å². The Kier molecular flexibility index (Phi) is 4.71. The third-order valence-electron chi connectivity index (χ3n) is 2.53. The first-order valence-corrected chi connectivity index (χ1v) is 5.17. The maximum atomic E-state index is 9.75. The molecule has 0 bridgehead atoms. The number of rotatable bonds is 6. The lowest BCUT2D eigenvalue weighted by Crippen LogP contribution is -2.17. The van der Waals surface area contributed by atoms with Crippen LogP contribution in [0.15, 0.2) is 6.33 Å². The summed E-state index contributed by atoms with van der Waals surface area (Å²) in [6.45, 7) is 2.00. The Labute approximate surface area is 90.1 Å². The Balaban J connectivity index is 2.30. The predicted molar refractivity (Wildman–Crippen MR) is 56.4 cm³/mol. The molecule has 0 saturated heterocycles. The molecule has 1 heterocycles. The summed E-state index contributed by atoms with van der Waals surface area (Å²) in [5, 5.41) is 13.7. The number of aromatic nitrogens is 3. The first kappa shape index (κ1) is 12.1. The standard InChI is InChI=1S/C10H19N3O2/c1-8(15-3)4-5-9(14)6-10-11-7-12-13(10)2/h7-9,14H,4-6H2,1-3H3. The van der Waals surface area contributed by atoms with Gasteiger partial charge in [-0.25, -0.2) is 4.98 Å². The highest BCUT2D eigenvalue weighted by molar-refractivity contribution is 4.86. The summed E-state index contributed by atoms with van der Waals surface area (Å²) in [4.78, 5) is 4.06. The van der Waals surface area contributed by atoms with Crippen LogP contribution in [0.3, 0.4) is 0 Å². The summed E-state index contributed by atoms with van der Waals surface area (Å²) in [5.74, 6) is 0.813. The number of aliphatic hydroxyl groups is 1. The summed E-state index contributed by atoms with van der Waals surface area (Å²) < 4.78 is 6.80. The molecule has 0 radical (unpaired) electrons. The van der Waals surface area contributed by atoms with Gasteiger partial charge in [0.1, 0.15) is 12.2 Å². The molecule has 2 unspecified atom stereocenters. The van der Waals surface area contributed by atoms with Crippen molar-refractivity contribution in [2.45, 2.75) is 38.4 Å². The van der Waals surface area contributed by atoms with Crippen molar-refractivity contribution in [1.82, 2.24) is 14.8 Å². The molecule has 0 fully saturated rings. The smallest absolute Gasteiger partial charge is 0.138 e. The molecule has 1 N–H and O–H groups in total. The fourth-order valence-electron chi connectivity index (χ4n) is 1.36. The van der Waals surface area contributed by atoms with Crippen LogP contribution in [-0.2, 0) is 18.2 Å². The number of hydrogen-bond acceptors (Lipinski definition) is 4. The molecular weight excluding hydrogens is 194 g/mol. The summed E-state index contributed by atoms with van der Waals surface area (Å²) >= 11 is 0. The van der Waals surface area contributed by atoms with E-state index in [1.165, 1.54) is 6.33 Å². The van der Waals surface area contributed by atoms with Crippen molar-refractivity contribution in [2.24, 2.45) is 7.05 Å². The van der Waals surface area contributed by atoms with Gasteiger partial charge >= 0.3 is 0 Å². The molecular formula is C10H19N3O2. The maximum absolute atomic E-state index is 9.75. The molecule has 0 amide bonds. The molecule has 5 nitrogen and oxygen atoms in total. The molecule has 2 atom stereocenters. The third-order valence-corrected chi connectivity index (χ3v) is 2.53. The van der Waals surface area contributed by atoms with Crippen molar-refractivity contribution >= 4 is 0 Å².